The van der Waals surface area contributed by atoms with Crippen LogP contribution in [0.25, 0.3) is 5.65 Å². The van der Waals surface area contributed by atoms with E-state index >= 15 is 0 Å². The largest absolute Gasteiger partial charge is 0.486 e. The number of imidazole rings is 1. The number of fused-ring (bicyclic) bond motifs is 1. The van der Waals surface area contributed by atoms with Crippen molar-refractivity contribution in [3.63, 3.8) is 0 Å². The zero-order chi connectivity index (χ0) is 18.4. The van der Waals surface area contributed by atoms with Crippen molar-refractivity contribution in [3.05, 3.63) is 65.6 Å². The van der Waals surface area contributed by atoms with Gasteiger partial charge in [-0.2, -0.15) is 0 Å². The smallest absolute Gasteiger partial charge is 0.255 e. The summed E-state index contributed by atoms with van der Waals surface area (Å²) in [5.41, 5.74) is 3.39. The number of carbonyl (C=O) groups is 1. The Hall–Kier alpha value is -2.28. The first kappa shape index (κ1) is 23.8. The standard InChI is InChI=1S/C20H24N4O2.2ClH/c1-15-7-5-12-24-13-16(23-19(15)24)14-26-18-9-4-3-8-17(18)20(25)22-11-6-10-21-2;;/h3-5,7-9,12-13,21H,6,10-11,14H2,1-2H3,(H,22,25);2*1H. The fourth-order valence-corrected chi connectivity index (χ4v) is 2.77. The summed E-state index contributed by atoms with van der Waals surface area (Å²) in [5.74, 6) is 0.440. The van der Waals surface area contributed by atoms with Crippen LogP contribution in [-0.4, -0.2) is 35.4 Å². The SMILES string of the molecule is CNCCCNC(=O)c1ccccc1OCc1cn2cccc(C)c2n1.Cl.Cl. The van der Waals surface area contributed by atoms with Gasteiger partial charge in [-0.25, -0.2) is 4.98 Å². The number of aryl methyl sites for hydroxylation is 1. The summed E-state index contributed by atoms with van der Waals surface area (Å²) in [4.78, 5) is 17.0. The first-order valence-corrected chi connectivity index (χ1v) is 8.77. The lowest BCUT2D eigenvalue weighted by Gasteiger charge is -2.11. The van der Waals surface area contributed by atoms with Gasteiger partial charge in [0.1, 0.15) is 18.0 Å². The summed E-state index contributed by atoms with van der Waals surface area (Å²) in [6, 6.07) is 11.3. The second kappa shape index (κ2) is 11.5. The van der Waals surface area contributed by atoms with Crippen molar-refractivity contribution >= 4 is 36.4 Å². The highest BCUT2D eigenvalue weighted by Gasteiger charge is 2.12. The molecule has 0 aliphatic heterocycles. The van der Waals surface area contributed by atoms with Crippen molar-refractivity contribution in [1.82, 2.24) is 20.0 Å². The molecule has 0 aliphatic rings. The molecule has 1 amide bonds. The molecule has 1 aromatic carbocycles. The van der Waals surface area contributed by atoms with Gasteiger partial charge < -0.3 is 19.8 Å². The predicted molar refractivity (Wildman–Crippen MR) is 116 cm³/mol. The molecule has 2 heterocycles. The Morgan fingerprint density at radius 2 is 1.93 bits per heavy atom. The molecule has 0 aliphatic carbocycles. The molecule has 0 atom stereocenters. The Labute approximate surface area is 177 Å². The number of benzene rings is 1. The third-order valence-corrected chi connectivity index (χ3v) is 4.12. The van der Waals surface area contributed by atoms with Crippen molar-refractivity contribution < 1.29 is 9.53 Å². The Kier molecular flexibility index (Phi) is 9.79. The van der Waals surface area contributed by atoms with E-state index < -0.39 is 0 Å². The summed E-state index contributed by atoms with van der Waals surface area (Å²) in [6.45, 7) is 3.83. The van der Waals surface area contributed by atoms with Gasteiger partial charge in [0.05, 0.1) is 11.3 Å². The highest BCUT2D eigenvalue weighted by molar-refractivity contribution is 5.96. The molecule has 0 saturated carbocycles. The van der Waals surface area contributed by atoms with E-state index in [0.717, 1.165) is 29.9 Å². The van der Waals surface area contributed by atoms with Crippen LogP contribution >= 0.6 is 24.8 Å². The van der Waals surface area contributed by atoms with Crippen molar-refractivity contribution in [1.29, 1.82) is 0 Å². The van der Waals surface area contributed by atoms with E-state index in [1.807, 2.05) is 61.1 Å². The molecule has 28 heavy (non-hydrogen) atoms. The highest BCUT2D eigenvalue weighted by atomic mass is 35.5. The second-order valence-electron chi connectivity index (χ2n) is 6.15. The molecule has 0 saturated heterocycles. The summed E-state index contributed by atoms with van der Waals surface area (Å²) >= 11 is 0. The van der Waals surface area contributed by atoms with E-state index in [-0.39, 0.29) is 30.7 Å². The zero-order valence-corrected chi connectivity index (χ0v) is 17.6. The first-order valence-electron chi connectivity index (χ1n) is 8.77. The molecule has 3 rings (SSSR count). The number of hydrogen-bond acceptors (Lipinski definition) is 4. The van der Waals surface area contributed by atoms with E-state index in [4.69, 9.17) is 4.74 Å². The molecule has 8 heteroatoms. The lowest BCUT2D eigenvalue weighted by Crippen LogP contribution is -2.27. The number of nitrogens with one attached hydrogen (secondary N) is 2. The van der Waals surface area contributed by atoms with Gasteiger partial charge >= 0.3 is 0 Å². The molecule has 0 spiro atoms. The molecule has 152 valence electrons. The Balaban J connectivity index is 0.00000196. The van der Waals surface area contributed by atoms with Crippen LogP contribution in [0.4, 0.5) is 0 Å². The zero-order valence-electron chi connectivity index (χ0n) is 16.0. The number of amides is 1. The Morgan fingerprint density at radius 3 is 2.68 bits per heavy atom. The van der Waals surface area contributed by atoms with Crippen LogP contribution in [0.15, 0.2) is 48.8 Å². The van der Waals surface area contributed by atoms with Crippen LogP contribution in [0, 0.1) is 6.92 Å². The van der Waals surface area contributed by atoms with Crippen molar-refractivity contribution in [2.75, 3.05) is 20.1 Å². The van der Waals surface area contributed by atoms with E-state index in [0.29, 0.717) is 24.5 Å². The number of halogens is 2. The highest BCUT2D eigenvalue weighted by Crippen LogP contribution is 2.19. The monoisotopic (exact) mass is 424 g/mol. The van der Waals surface area contributed by atoms with Crippen LogP contribution < -0.4 is 15.4 Å². The fraction of sp³-hybridized carbons (Fsp3) is 0.300. The third kappa shape index (κ3) is 5.86. The molecule has 2 N–H and O–H groups in total. The molecule has 2 aromatic heterocycles. The Bertz CT molecular complexity index is 899. The molecule has 0 unspecified atom stereocenters. The number of rotatable bonds is 8. The minimum absolute atomic E-state index is 0. The molecule has 6 nitrogen and oxygen atoms in total. The van der Waals surface area contributed by atoms with Crippen LogP contribution in [0.5, 0.6) is 5.75 Å². The number of ether oxygens (including phenoxy) is 1. The maximum Gasteiger partial charge on any atom is 0.255 e. The van der Waals surface area contributed by atoms with Crippen LogP contribution in [-0.2, 0) is 6.61 Å². The topological polar surface area (TPSA) is 67.7 Å². The van der Waals surface area contributed by atoms with Crippen molar-refractivity contribution in [2.45, 2.75) is 20.0 Å². The van der Waals surface area contributed by atoms with E-state index in [2.05, 4.69) is 15.6 Å². The molecular weight excluding hydrogens is 399 g/mol. The van der Waals surface area contributed by atoms with Gasteiger partial charge in [0.2, 0.25) is 0 Å². The van der Waals surface area contributed by atoms with Crippen molar-refractivity contribution in [3.8, 4) is 5.75 Å². The van der Waals surface area contributed by atoms with Crippen LogP contribution in [0.2, 0.25) is 0 Å². The number of carbonyl (C=O) groups excluding carboxylic acids is 1. The average Bonchev–Trinajstić information content (AvgIpc) is 3.08. The summed E-state index contributed by atoms with van der Waals surface area (Å²) in [7, 11) is 1.89. The van der Waals surface area contributed by atoms with E-state index in [1.54, 1.807) is 6.07 Å². The van der Waals surface area contributed by atoms with E-state index in [1.165, 1.54) is 0 Å². The van der Waals surface area contributed by atoms with Crippen molar-refractivity contribution in [2.24, 2.45) is 0 Å². The molecule has 0 bridgehead atoms. The molecule has 0 fully saturated rings. The van der Waals surface area contributed by atoms with Crippen LogP contribution in [0.1, 0.15) is 28.0 Å². The number of nitrogens with zero attached hydrogens (tertiary/aromatic N) is 2. The third-order valence-electron chi connectivity index (χ3n) is 4.12. The minimum Gasteiger partial charge on any atom is -0.486 e. The number of hydrogen-bond donors (Lipinski definition) is 2. The quantitative estimate of drug-likeness (QED) is 0.543. The summed E-state index contributed by atoms with van der Waals surface area (Å²) in [6.07, 6.45) is 4.79. The van der Waals surface area contributed by atoms with Gasteiger partial charge in [-0.05, 0) is 50.7 Å². The minimum atomic E-state index is -0.123. The van der Waals surface area contributed by atoms with E-state index in [9.17, 15) is 4.79 Å². The number of pyridine rings is 1. The summed E-state index contributed by atoms with van der Waals surface area (Å²) < 4.78 is 7.87. The average molecular weight is 425 g/mol. The predicted octanol–water partition coefficient (Wildman–Crippen LogP) is 3.40. The molecular formula is C20H26Cl2N4O2. The van der Waals surface area contributed by atoms with Gasteiger partial charge in [0.15, 0.2) is 0 Å². The first-order chi connectivity index (χ1) is 12.7. The molecule has 0 radical (unpaired) electrons. The lowest BCUT2D eigenvalue weighted by atomic mass is 10.2. The second-order valence-corrected chi connectivity index (χ2v) is 6.15. The lowest BCUT2D eigenvalue weighted by molar-refractivity contribution is 0.0948. The maximum atomic E-state index is 12.4. The molecule has 3 aromatic rings. The van der Waals surface area contributed by atoms with Gasteiger partial charge in [-0.15, -0.1) is 24.8 Å². The van der Waals surface area contributed by atoms with Crippen LogP contribution in [0.3, 0.4) is 0 Å². The fourth-order valence-electron chi connectivity index (χ4n) is 2.77. The summed E-state index contributed by atoms with van der Waals surface area (Å²) in [5, 5.41) is 5.98. The maximum absolute atomic E-state index is 12.4. The van der Waals surface area contributed by atoms with Gasteiger partial charge in [-0.3, -0.25) is 4.79 Å². The van der Waals surface area contributed by atoms with Gasteiger partial charge in [0.25, 0.3) is 5.91 Å². The van der Waals surface area contributed by atoms with Gasteiger partial charge in [-0.1, -0.05) is 18.2 Å². The Morgan fingerprint density at radius 1 is 1.14 bits per heavy atom. The normalized spacial score (nSPS) is 10.1. The number of para-hydroxylation sites is 1. The van der Waals surface area contributed by atoms with Gasteiger partial charge in [0, 0.05) is 18.9 Å². The number of aromatic nitrogens is 2.